The summed E-state index contributed by atoms with van der Waals surface area (Å²) in [5, 5.41) is 12.4. The van der Waals surface area contributed by atoms with E-state index in [0.29, 0.717) is 12.5 Å². The summed E-state index contributed by atoms with van der Waals surface area (Å²) in [6, 6.07) is 7.16. The Morgan fingerprint density at radius 2 is 2.00 bits per heavy atom. The van der Waals surface area contributed by atoms with Crippen molar-refractivity contribution < 1.29 is 9.90 Å². The van der Waals surface area contributed by atoms with Crippen molar-refractivity contribution in [1.29, 1.82) is 0 Å². The zero-order chi connectivity index (χ0) is 15.5. The van der Waals surface area contributed by atoms with Crippen molar-refractivity contribution in [1.82, 2.24) is 5.32 Å². The maximum Gasteiger partial charge on any atom is 0.223 e. The van der Waals surface area contributed by atoms with Crippen LogP contribution >= 0.6 is 0 Å². The van der Waals surface area contributed by atoms with Crippen LogP contribution in [0.3, 0.4) is 0 Å². The molecule has 3 heteroatoms. The third kappa shape index (κ3) is 3.99. The molecular weight excluding hydrogens is 262 g/mol. The first-order valence-corrected chi connectivity index (χ1v) is 7.96. The van der Waals surface area contributed by atoms with Gasteiger partial charge in [-0.15, -0.1) is 0 Å². The molecule has 1 aliphatic carbocycles. The van der Waals surface area contributed by atoms with Crippen molar-refractivity contribution in [3.05, 3.63) is 29.8 Å². The van der Waals surface area contributed by atoms with E-state index in [9.17, 15) is 9.90 Å². The van der Waals surface area contributed by atoms with Crippen LogP contribution in [0, 0.1) is 17.3 Å². The summed E-state index contributed by atoms with van der Waals surface area (Å²) in [4.78, 5) is 12.5. The van der Waals surface area contributed by atoms with Gasteiger partial charge >= 0.3 is 0 Å². The molecule has 0 aliphatic heterocycles. The Labute approximate surface area is 127 Å². The lowest BCUT2D eigenvalue weighted by molar-refractivity contribution is -0.132. The topological polar surface area (TPSA) is 49.3 Å². The summed E-state index contributed by atoms with van der Waals surface area (Å²) in [5.41, 5.74) is 1.23. The molecule has 0 aromatic heterocycles. The van der Waals surface area contributed by atoms with Crippen LogP contribution in [0.15, 0.2) is 24.3 Å². The van der Waals surface area contributed by atoms with Crippen LogP contribution in [-0.2, 0) is 11.2 Å². The van der Waals surface area contributed by atoms with Gasteiger partial charge in [0, 0.05) is 12.5 Å². The van der Waals surface area contributed by atoms with Crippen molar-refractivity contribution in [2.45, 2.75) is 46.5 Å². The van der Waals surface area contributed by atoms with E-state index >= 15 is 0 Å². The number of benzene rings is 1. The average molecular weight is 289 g/mol. The molecule has 1 aliphatic rings. The number of carbonyl (C=O) groups excluding carboxylic acids is 1. The fourth-order valence-corrected chi connectivity index (χ4v) is 3.69. The van der Waals surface area contributed by atoms with Crippen molar-refractivity contribution in [3.8, 4) is 5.75 Å². The second-order valence-corrected chi connectivity index (χ2v) is 7.04. The minimum atomic E-state index is 0.0975. The summed E-state index contributed by atoms with van der Waals surface area (Å²) < 4.78 is 0. The second kappa shape index (κ2) is 6.50. The molecule has 1 amide bonds. The quantitative estimate of drug-likeness (QED) is 0.891. The lowest BCUT2D eigenvalue weighted by Gasteiger charge is -2.41. The van der Waals surface area contributed by atoms with Crippen LogP contribution in [0.5, 0.6) is 5.75 Å². The molecule has 1 unspecified atom stereocenters. The van der Waals surface area contributed by atoms with Gasteiger partial charge in [-0.1, -0.05) is 39.3 Å². The molecule has 2 atom stereocenters. The predicted octanol–water partition coefficient (Wildman–Crippen LogP) is 3.51. The highest BCUT2D eigenvalue weighted by atomic mass is 16.3. The highest BCUT2D eigenvalue weighted by Crippen LogP contribution is 2.43. The first-order chi connectivity index (χ1) is 9.90. The first-order valence-electron chi connectivity index (χ1n) is 7.96. The molecule has 2 N–H and O–H groups in total. The third-order valence-corrected chi connectivity index (χ3v) is 4.82. The third-order valence-electron chi connectivity index (χ3n) is 4.82. The Balaban J connectivity index is 1.87. The smallest absolute Gasteiger partial charge is 0.223 e. The second-order valence-electron chi connectivity index (χ2n) is 7.04. The van der Waals surface area contributed by atoms with E-state index in [-0.39, 0.29) is 23.0 Å². The molecule has 2 rings (SSSR count). The van der Waals surface area contributed by atoms with E-state index in [1.165, 1.54) is 6.42 Å². The molecular formula is C18H27NO2. The Hall–Kier alpha value is -1.51. The van der Waals surface area contributed by atoms with Gasteiger partial charge in [0.15, 0.2) is 0 Å². The zero-order valence-electron chi connectivity index (χ0n) is 13.4. The maximum absolute atomic E-state index is 12.5. The molecule has 1 fully saturated rings. The lowest BCUT2D eigenvalue weighted by Crippen LogP contribution is -2.45. The van der Waals surface area contributed by atoms with Gasteiger partial charge in [-0.05, 0) is 48.3 Å². The minimum Gasteiger partial charge on any atom is -0.508 e. The van der Waals surface area contributed by atoms with Crippen molar-refractivity contribution in [2.75, 3.05) is 6.54 Å². The number of rotatable bonds is 4. The average Bonchev–Trinajstić information content (AvgIpc) is 2.40. The lowest BCUT2D eigenvalue weighted by atomic mass is 9.64. The number of phenols is 1. The highest BCUT2D eigenvalue weighted by Gasteiger charge is 2.41. The molecule has 0 spiro atoms. The van der Waals surface area contributed by atoms with E-state index < -0.39 is 0 Å². The SMILES string of the molecule is CC1CCCC(C)(C)[C@H]1C(=O)NCCc1ccc(O)cc1. The van der Waals surface area contributed by atoms with Crippen LogP contribution in [0.1, 0.15) is 45.6 Å². The van der Waals surface area contributed by atoms with Crippen LogP contribution in [0.25, 0.3) is 0 Å². The molecule has 0 heterocycles. The van der Waals surface area contributed by atoms with Crippen LogP contribution < -0.4 is 5.32 Å². The van der Waals surface area contributed by atoms with E-state index in [1.54, 1.807) is 12.1 Å². The number of aromatic hydroxyl groups is 1. The molecule has 0 radical (unpaired) electrons. The molecule has 1 aromatic rings. The van der Waals surface area contributed by atoms with Crippen LogP contribution in [0.4, 0.5) is 0 Å². The number of phenolic OH excluding ortho intramolecular Hbond substituents is 1. The van der Waals surface area contributed by atoms with Crippen LogP contribution in [-0.4, -0.2) is 17.6 Å². The Morgan fingerprint density at radius 3 is 2.62 bits per heavy atom. The van der Waals surface area contributed by atoms with Crippen molar-refractivity contribution >= 4 is 5.91 Å². The minimum absolute atomic E-state index is 0.0975. The molecule has 1 aromatic carbocycles. The zero-order valence-corrected chi connectivity index (χ0v) is 13.4. The fraction of sp³-hybridized carbons (Fsp3) is 0.611. The Kier molecular flexibility index (Phi) is 4.92. The van der Waals surface area contributed by atoms with Gasteiger partial charge in [0.25, 0.3) is 0 Å². The first kappa shape index (κ1) is 15.9. The number of amides is 1. The fourth-order valence-electron chi connectivity index (χ4n) is 3.69. The van der Waals surface area contributed by atoms with Gasteiger partial charge in [-0.3, -0.25) is 4.79 Å². The van der Waals surface area contributed by atoms with E-state index in [1.807, 2.05) is 12.1 Å². The monoisotopic (exact) mass is 289 g/mol. The van der Waals surface area contributed by atoms with E-state index in [0.717, 1.165) is 24.8 Å². The van der Waals surface area contributed by atoms with Gasteiger partial charge < -0.3 is 10.4 Å². The summed E-state index contributed by atoms with van der Waals surface area (Å²) in [7, 11) is 0. The van der Waals surface area contributed by atoms with Gasteiger partial charge in [0.05, 0.1) is 0 Å². The van der Waals surface area contributed by atoms with E-state index in [2.05, 4.69) is 26.1 Å². The van der Waals surface area contributed by atoms with Gasteiger partial charge in [0.2, 0.25) is 5.91 Å². The van der Waals surface area contributed by atoms with Gasteiger partial charge in [-0.2, -0.15) is 0 Å². The maximum atomic E-state index is 12.5. The summed E-state index contributed by atoms with van der Waals surface area (Å²) in [5.74, 6) is 1.06. The predicted molar refractivity (Wildman–Crippen MR) is 85.1 cm³/mol. The Bertz CT molecular complexity index is 478. The standard InChI is InChI=1S/C18H27NO2/c1-13-5-4-11-18(2,3)16(13)17(21)19-12-10-14-6-8-15(20)9-7-14/h6-9,13,16,20H,4-5,10-12H2,1-3H3,(H,19,21)/t13?,16-/m1/s1. The molecule has 3 nitrogen and oxygen atoms in total. The summed E-state index contributed by atoms with van der Waals surface area (Å²) >= 11 is 0. The number of carbonyl (C=O) groups is 1. The number of hydrogen-bond donors (Lipinski definition) is 2. The van der Waals surface area contributed by atoms with Gasteiger partial charge in [0.1, 0.15) is 5.75 Å². The largest absolute Gasteiger partial charge is 0.508 e. The molecule has 0 bridgehead atoms. The molecule has 1 saturated carbocycles. The normalized spacial score (nSPS) is 24.5. The van der Waals surface area contributed by atoms with Gasteiger partial charge in [-0.25, -0.2) is 0 Å². The van der Waals surface area contributed by atoms with Crippen molar-refractivity contribution in [3.63, 3.8) is 0 Å². The molecule has 0 saturated heterocycles. The molecule has 116 valence electrons. The highest BCUT2D eigenvalue weighted by molar-refractivity contribution is 5.79. The number of hydrogen-bond acceptors (Lipinski definition) is 2. The number of nitrogens with one attached hydrogen (secondary N) is 1. The van der Waals surface area contributed by atoms with Crippen molar-refractivity contribution in [2.24, 2.45) is 17.3 Å². The summed E-state index contributed by atoms with van der Waals surface area (Å²) in [6.07, 6.45) is 4.31. The summed E-state index contributed by atoms with van der Waals surface area (Å²) in [6.45, 7) is 7.29. The Morgan fingerprint density at radius 1 is 1.33 bits per heavy atom. The van der Waals surface area contributed by atoms with Crippen LogP contribution in [0.2, 0.25) is 0 Å². The van der Waals surface area contributed by atoms with E-state index in [4.69, 9.17) is 0 Å². The molecule has 21 heavy (non-hydrogen) atoms.